The first-order chi connectivity index (χ1) is 24.1. The van der Waals surface area contributed by atoms with E-state index in [1.165, 1.54) is 49.3 Å². The normalized spacial score (nSPS) is 13.7. The Hall–Kier alpha value is -6.26. The summed E-state index contributed by atoms with van der Waals surface area (Å²) in [7, 11) is 0. The highest BCUT2D eigenvalue weighted by Crippen LogP contribution is 2.56. The summed E-state index contributed by atoms with van der Waals surface area (Å²) in [6, 6.07) is 49.5. The Balaban J connectivity index is 1.29. The molecule has 11 rings (SSSR count). The van der Waals surface area contributed by atoms with Crippen LogP contribution in [0.2, 0.25) is 0 Å². The van der Waals surface area contributed by atoms with E-state index in [-0.39, 0.29) is 5.41 Å². The number of para-hydroxylation sites is 3. The van der Waals surface area contributed by atoms with Crippen LogP contribution in [0.4, 0.5) is 0 Å². The molecule has 0 amide bonds. The summed E-state index contributed by atoms with van der Waals surface area (Å²) < 4.78 is 8.67. The lowest BCUT2D eigenvalue weighted by atomic mass is 9.80. The molecule has 0 saturated heterocycles. The number of aromatic nitrogens is 3. The highest BCUT2D eigenvalue weighted by Gasteiger charge is 2.40. The smallest absolute Gasteiger partial charge is 0.235 e. The molecule has 0 unspecified atom stereocenters. The monoisotopic (exact) mass is 627 g/mol. The van der Waals surface area contributed by atoms with Crippen LogP contribution < -0.4 is 0 Å². The minimum absolute atomic E-state index is 0.244. The number of fused-ring (bicyclic) bond motifs is 14. The third-order valence-corrected chi connectivity index (χ3v) is 10.8. The molecular weight excluding hydrogens is 599 g/mol. The fraction of sp³-hybridized carbons (Fsp3) is 0.0667. The van der Waals surface area contributed by atoms with Gasteiger partial charge < -0.3 is 4.42 Å². The predicted molar refractivity (Wildman–Crippen MR) is 202 cm³/mol. The number of rotatable bonds is 2. The summed E-state index contributed by atoms with van der Waals surface area (Å²) >= 11 is 0. The van der Waals surface area contributed by atoms with Crippen LogP contribution in [0.1, 0.15) is 25.0 Å². The van der Waals surface area contributed by atoms with Gasteiger partial charge in [0.05, 0.1) is 22.2 Å². The molecule has 4 heteroatoms. The van der Waals surface area contributed by atoms with E-state index in [0.29, 0.717) is 5.95 Å². The lowest BCUT2D eigenvalue weighted by molar-refractivity contribution is 0.664. The Morgan fingerprint density at radius 3 is 2.12 bits per heavy atom. The highest BCUT2D eigenvalue weighted by molar-refractivity contribution is 6.27. The van der Waals surface area contributed by atoms with Crippen LogP contribution in [0.5, 0.6) is 0 Å². The van der Waals surface area contributed by atoms with Gasteiger partial charge in [-0.15, -0.1) is 0 Å². The first kappa shape index (κ1) is 26.8. The van der Waals surface area contributed by atoms with Gasteiger partial charge in [0.1, 0.15) is 11.2 Å². The Morgan fingerprint density at radius 2 is 1.24 bits per heavy atom. The van der Waals surface area contributed by atoms with E-state index in [9.17, 15) is 0 Å². The topological polar surface area (TPSA) is 43.9 Å². The molecule has 0 N–H and O–H groups in total. The van der Waals surface area contributed by atoms with Gasteiger partial charge in [-0.3, -0.25) is 4.57 Å². The third kappa shape index (κ3) is 3.47. The minimum Gasteiger partial charge on any atom is -0.456 e. The zero-order chi connectivity index (χ0) is 32.4. The lowest BCUT2D eigenvalue weighted by Crippen LogP contribution is -2.17. The number of hydrogen-bond acceptors (Lipinski definition) is 3. The summed E-state index contributed by atoms with van der Waals surface area (Å²) in [6.45, 7) is 4.73. The van der Waals surface area contributed by atoms with E-state index in [4.69, 9.17) is 14.4 Å². The second-order valence-corrected chi connectivity index (χ2v) is 13.7. The molecule has 0 aliphatic heterocycles. The number of hydrogen-bond donors (Lipinski definition) is 0. The van der Waals surface area contributed by atoms with E-state index in [1.807, 2.05) is 12.1 Å². The van der Waals surface area contributed by atoms with Crippen LogP contribution in [-0.4, -0.2) is 14.5 Å². The molecule has 3 heterocycles. The molecule has 7 aromatic carbocycles. The predicted octanol–water partition coefficient (Wildman–Crippen LogP) is 11.8. The van der Waals surface area contributed by atoms with Gasteiger partial charge in [-0.1, -0.05) is 123 Å². The van der Waals surface area contributed by atoms with Gasteiger partial charge in [-0.2, -0.15) is 0 Å². The van der Waals surface area contributed by atoms with Gasteiger partial charge in [0.2, 0.25) is 5.95 Å². The molecule has 4 nitrogen and oxygen atoms in total. The first-order valence-electron chi connectivity index (χ1n) is 16.8. The number of benzene rings is 7. The second kappa shape index (κ2) is 9.42. The van der Waals surface area contributed by atoms with Crippen molar-refractivity contribution >= 4 is 65.4 Å². The van der Waals surface area contributed by atoms with E-state index in [1.54, 1.807) is 0 Å². The average Bonchev–Trinajstić information content (AvgIpc) is 3.77. The molecular formula is C45H29N3O. The molecule has 230 valence electrons. The molecule has 0 saturated carbocycles. The molecule has 1 aliphatic rings. The molecule has 10 aromatic rings. The standard InChI is InChI=1S/C45H29N3O/c1-45(2)34-19-9-5-16-31(34)39-29-14-3-4-15-30(29)40-33-18-7-11-21-36(33)48(43(40)41(39)45)44-46-35-20-10-6-17-32(35)42(47-44)26-23-24-28-27-13-8-12-22-37(27)49-38(28)25-26/h3-25H,1-2H3. The van der Waals surface area contributed by atoms with Crippen LogP contribution in [0.15, 0.2) is 144 Å². The average molecular weight is 628 g/mol. The van der Waals surface area contributed by atoms with Crippen LogP contribution in [0, 0.1) is 0 Å². The van der Waals surface area contributed by atoms with Crippen molar-refractivity contribution in [3.8, 4) is 28.3 Å². The van der Waals surface area contributed by atoms with Gasteiger partial charge in [0.25, 0.3) is 0 Å². The van der Waals surface area contributed by atoms with Crippen LogP contribution >= 0.6 is 0 Å². The van der Waals surface area contributed by atoms with Crippen molar-refractivity contribution in [2.45, 2.75) is 19.3 Å². The fourth-order valence-electron chi connectivity index (χ4n) is 8.66. The van der Waals surface area contributed by atoms with E-state index >= 15 is 0 Å². The van der Waals surface area contributed by atoms with Crippen LogP contribution in [0.25, 0.3) is 93.8 Å². The van der Waals surface area contributed by atoms with Gasteiger partial charge in [-0.25, -0.2) is 9.97 Å². The van der Waals surface area contributed by atoms with Crippen molar-refractivity contribution in [3.63, 3.8) is 0 Å². The fourth-order valence-corrected chi connectivity index (χ4v) is 8.66. The van der Waals surface area contributed by atoms with Gasteiger partial charge in [-0.05, 0) is 63.4 Å². The third-order valence-electron chi connectivity index (χ3n) is 10.8. The first-order valence-corrected chi connectivity index (χ1v) is 16.8. The van der Waals surface area contributed by atoms with Crippen molar-refractivity contribution in [3.05, 3.63) is 151 Å². The maximum absolute atomic E-state index is 6.34. The Bertz CT molecular complexity index is 3030. The van der Waals surface area contributed by atoms with Crippen molar-refractivity contribution < 1.29 is 4.42 Å². The van der Waals surface area contributed by atoms with E-state index in [0.717, 1.165) is 49.6 Å². The van der Waals surface area contributed by atoms with E-state index < -0.39 is 0 Å². The highest BCUT2D eigenvalue weighted by atomic mass is 16.3. The number of nitrogens with zero attached hydrogens (tertiary/aromatic N) is 3. The van der Waals surface area contributed by atoms with Crippen molar-refractivity contribution in [2.24, 2.45) is 0 Å². The maximum atomic E-state index is 6.34. The lowest BCUT2D eigenvalue weighted by Gasteiger charge is -2.24. The summed E-state index contributed by atoms with van der Waals surface area (Å²) in [5, 5.41) is 8.20. The molecule has 1 aliphatic carbocycles. The van der Waals surface area contributed by atoms with Crippen molar-refractivity contribution in [1.82, 2.24) is 14.5 Å². The molecule has 0 fully saturated rings. The van der Waals surface area contributed by atoms with Crippen molar-refractivity contribution in [2.75, 3.05) is 0 Å². The molecule has 49 heavy (non-hydrogen) atoms. The molecule has 0 spiro atoms. The van der Waals surface area contributed by atoms with Crippen molar-refractivity contribution in [1.29, 1.82) is 0 Å². The van der Waals surface area contributed by atoms with Gasteiger partial charge in [0.15, 0.2) is 0 Å². The summed E-state index contributed by atoms with van der Waals surface area (Å²) in [4.78, 5) is 10.8. The summed E-state index contributed by atoms with van der Waals surface area (Å²) in [5.74, 6) is 0.661. The SMILES string of the molecule is CC1(C)c2ccccc2-c2c1c1c(c3ccccc23)c2ccccc2n1-c1nc(-c2ccc3c(c2)oc2ccccc23)c2ccccc2n1. The van der Waals surface area contributed by atoms with Gasteiger partial charge in [0, 0.05) is 37.9 Å². The second-order valence-electron chi connectivity index (χ2n) is 13.7. The van der Waals surface area contributed by atoms with E-state index in [2.05, 4.69) is 146 Å². The quantitative estimate of drug-likeness (QED) is 0.192. The van der Waals surface area contributed by atoms with Crippen LogP contribution in [-0.2, 0) is 5.41 Å². The zero-order valence-corrected chi connectivity index (χ0v) is 27.0. The number of furan rings is 1. The minimum atomic E-state index is -0.244. The summed E-state index contributed by atoms with van der Waals surface area (Å²) in [5.41, 5.74) is 11.8. The molecule has 0 bridgehead atoms. The molecule has 0 atom stereocenters. The van der Waals surface area contributed by atoms with Crippen LogP contribution in [0.3, 0.4) is 0 Å². The van der Waals surface area contributed by atoms with Gasteiger partial charge >= 0.3 is 0 Å². The Kier molecular flexibility index (Phi) is 5.15. The Morgan fingerprint density at radius 1 is 0.571 bits per heavy atom. The zero-order valence-electron chi connectivity index (χ0n) is 27.0. The largest absolute Gasteiger partial charge is 0.456 e. The maximum Gasteiger partial charge on any atom is 0.235 e. The Labute approximate surface area is 281 Å². The molecule has 0 radical (unpaired) electrons. The molecule has 3 aromatic heterocycles. The summed E-state index contributed by atoms with van der Waals surface area (Å²) in [6.07, 6.45) is 0.